The molecule has 8 nitrogen and oxygen atoms in total. The lowest BCUT2D eigenvalue weighted by molar-refractivity contribution is -0.139. The summed E-state index contributed by atoms with van der Waals surface area (Å²) >= 11 is 0. The minimum atomic E-state index is -1.11. The van der Waals surface area contributed by atoms with Crippen LogP contribution in [0.1, 0.15) is 63.0 Å². The molecule has 1 aromatic heterocycles. The van der Waals surface area contributed by atoms with Gasteiger partial charge in [0.25, 0.3) is 11.8 Å². The predicted octanol–water partition coefficient (Wildman–Crippen LogP) is 6.30. The molecule has 0 aliphatic heterocycles. The molecule has 40 heavy (non-hydrogen) atoms. The first-order chi connectivity index (χ1) is 18.8. The molecule has 1 heterocycles. The second-order valence-electron chi connectivity index (χ2n) is 11.8. The van der Waals surface area contributed by atoms with E-state index in [1.165, 1.54) is 0 Å². The normalized spacial score (nSPS) is 12.6. The van der Waals surface area contributed by atoms with Crippen molar-refractivity contribution in [3.05, 3.63) is 89.5 Å². The predicted molar refractivity (Wildman–Crippen MR) is 153 cm³/mol. The minimum Gasteiger partial charge on any atom is -0.488 e. The fourth-order valence-corrected chi connectivity index (χ4v) is 4.07. The van der Waals surface area contributed by atoms with Crippen LogP contribution in [0.15, 0.2) is 77.3 Å². The smallest absolute Gasteiger partial charge is 0.326 e. The molecule has 0 spiro atoms. The van der Waals surface area contributed by atoms with E-state index in [4.69, 9.17) is 9.26 Å². The maximum absolute atomic E-state index is 12.7. The number of aliphatic carboxylic acids is 1. The van der Waals surface area contributed by atoms with Crippen molar-refractivity contribution in [2.45, 2.75) is 65.0 Å². The summed E-state index contributed by atoms with van der Waals surface area (Å²) in [5.74, 6) is 0.0112. The van der Waals surface area contributed by atoms with E-state index in [0.29, 0.717) is 17.3 Å². The van der Waals surface area contributed by atoms with Gasteiger partial charge in [-0.15, -0.1) is 0 Å². The van der Waals surface area contributed by atoms with Gasteiger partial charge in [0.05, 0.1) is 0 Å². The number of aromatic nitrogens is 2. The summed E-state index contributed by atoms with van der Waals surface area (Å²) in [6.45, 7) is 12.2. The van der Waals surface area contributed by atoms with Crippen LogP contribution in [0.25, 0.3) is 22.8 Å². The van der Waals surface area contributed by atoms with E-state index in [1.54, 1.807) is 36.4 Å². The first-order valence-corrected chi connectivity index (χ1v) is 13.2. The molecule has 1 amide bonds. The Hall–Kier alpha value is -4.46. The molecule has 0 aliphatic carbocycles. The standard InChI is InChI=1S/C32H35N3O5/c1-31(2,3)24-15-11-22(12-16-24)28(36)33-26(30(37)38)19-20-7-9-21(10-8-20)27-34-29(40-35-27)23-13-17-25(18-14-23)39-32(4,5)6/h7-18,26H,19H2,1-6H3,(H,33,36)(H,37,38)/t26-/m0/s1. The van der Waals surface area contributed by atoms with Gasteiger partial charge in [0.2, 0.25) is 5.82 Å². The van der Waals surface area contributed by atoms with Crippen LogP contribution in [-0.2, 0) is 16.6 Å². The highest BCUT2D eigenvalue weighted by molar-refractivity contribution is 5.96. The van der Waals surface area contributed by atoms with Crippen LogP contribution >= 0.6 is 0 Å². The maximum Gasteiger partial charge on any atom is 0.326 e. The molecule has 0 saturated heterocycles. The Morgan fingerprint density at radius 3 is 2.02 bits per heavy atom. The Balaban J connectivity index is 1.41. The van der Waals surface area contributed by atoms with E-state index >= 15 is 0 Å². The van der Waals surface area contributed by atoms with Gasteiger partial charge in [0.15, 0.2) is 0 Å². The van der Waals surface area contributed by atoms with Crippen molar-refractivity contribution < 1.29 is 24.0 Å². The molecule has 0 aliphatic rings. The highest BCUT2D eigenvalue weighted by Gasteiger charge is 2.22. The fraction of sp³-hybridized carbons (Fsp3) is 0.312. The lowest BCUT2D eigenvalue weighted by Gasteiger charge is -2.21. The molecule has 0 radical (unpaired) electrons. The zero-order valence-corrected chi connectivity index (χ0v) is 23.7. The van der Waals surface area contributed by atoms with Gasteiger partial charge in [-0.1, -0.05) is 62.3 Å². The SMILES string of the molecule is CC(C)(C)Oc1ccc(-c2nc(-c3ccc(C[C@H](NC(=O)c4ccc(C(C)(C)C)cc4)C(=O)O)cc3)no2)cc1. The summed E-state index contributed by atoms with van der Waals surface area (Å²) in [5.41, 5.74) is 3.42. The van der Waals surface area contributed by atoms with Crippen molar-refractivity contribution in [1.82, 2.24) is 15.5 Å². The lowest BCUT2D eigenvalue weighted by Crippen LogP contribution is -2.42. The van der Waals surface area contributed by atoms with Crippen molar-refractivity contribution >= 4 is 11.9 Å². The van der Waals surface area contributed by atoms with E-state index in [1.807, 2.05) is 57.2 Å². The molecule has 8 heteroatoms. The van der Waals surface area contributed by atoms with Gasteiger partial charge in [0, 0.05) is 23.1 Å². The highest BCUT2D eigenvalue weighted by atomic mass is 16.5. The molecular formula is C32H35N3O5. The lowest BCUT2D eigenvalue weighted by atomic mass is 9.86. The third-order valence-corrected chi connectivity index (χ3v) is 6.22. The van der Waals surface area contributed by atoms with Gasteiger partial charge in [-0.3, -0.25) is 4.79 Å². The molecule has 0 fully saturated rings. The van der Waals surface area contributed by atoms with Crippen molar-refractivity contribution in [1.29, 1.82) is 0 Å². The first-order valence-electron chi connectivity index (χ1n) is 13.2. The van der Waals surface area contributed by atoms with Gasteiger partial charge >= 0.3 is 5.97 Å². The van der Waals surface area contributed by atoms with Gasteiger partial charge in [0.1, 0.15) is 17.4 Å². The summed E-state index contributed by atoms with van der Waals surface area (Å²) in [7, 11) is 0. The van der Waals surface area contributed by atoms with E-state index < -0.39 is 17.9 Å². The number of hydrogen-bond donors (Lipinski definition) is 2. The molecule has 4 rings (SSSR count). The number of carboxylic acid groups (broad SMARTS) is 1. The van der Waals surface area contributed by atoms with Gasteiger partial charge in [-0.2, -0.15) is 4.98 Å². The van der Waals surface area contributed by atoms with Crippen molar-refractivity contribution in [3.8, 4) is 28.6 Å². The third kappa shape index (κ3) is 7.34. The topological polar surface area (TPSA) is 115 Å². The molecule has 3 aromatic carbocycles. The number of hydrogen-bond acceptors (Lipinski definition) is 6. The van der Waals surface area contributed by atoms with Gasteiger partial charge in [-0.25, -0.2) is 4.79 Å². The average molecular weight is 542 g/mol. The molecule has 4 aromatic rings. The van der Waals surface area contributed by atoms with Crippen LogP contribution in [0, 0.1) is 0 Å². The Morgan fingerprint density at radius 1 is 0.875 bits per heavy atom. The van der Waals surface area contributed by atoms with Crippen LogP contribution in [-0.4, -0.2) is 38.8 Å². The first kappa shape index (κ1) is 28.5. The minimum absolute atomic E-state index is 0.0409. The van der Waals surface area contributed by atoms with Gasteiger partial charge < -0.3 is 19.7 Å². The van der Waals surface area contributed by atoms with Crippen LogP contribution in [0.3, 0.4) is 0 Å². The van der Waals surface area contributed by atoms with E-state index in [0.717, 1.165) is 28.0 Å². The fourth-order valence-electron chi connectivity index (χ4n) is 4.07. The van der Waals surface area contributed by atoms with E-state index in [9.17, 15) is 14.7 Å². The summed E-state index contributed by atoms with van der Waals surface area (Å²) in [4.78, 5) is 29.2. The Kier molecular flexibility index (Phi) is 8.09. The van der Waals surface area contributed by atoms with Crippen LogP contribution < -0.4 is 10.1 Å². The summed E-state index contributed by atoms with van der Waals surface area (Å²) in [6, 6.07) is 20.8. The number of carbonyl (C=O) groups is 2. The molecule has 1 atom stereocenters. The number of ether oxygens (including phenoxy) is 1. The average Bonchev–Trinajstić information content (AvgIpc) is 3.38. The van der Waals surface area contributed by atoms with Crippen molar-refractivity contribution in [2.75, 3.05) is 0 Å². The van der Waals surface area contributed by atoms with Crippen LogP contribution in [0.4, 0.5) is 0 Å². The van der Waals surface area contributed by atoms with Crippen LogP contribution in [0.5, 0.6) is 5.75 Å². The second-order valence-corrected chi connectivity index (χ2v) is 11.8. The number of carbonyl (C=O) groups excluding carboxylic acids is 1. The number of rotatable bonds is 8. The third-order valence-electron chi connectivity index (χ3n) is 6.22. The molecule has 0 saturated carbocycles. The van der Waals surface area contributed by atoms with E-state index in [2.05, 4.69) is 36.2 Å². The molecular weight excluding hydrogens is 506 g/mol. The monoisotopic (exact) mass is 541 g/mol. The summed E-state index contributed by atoms with van der Waals surface area (Å²) < 4.78 is 11.3. The molecule has 208 valence electrons. The summed E-state index contributed by atoms with van der Waals surface area (Å²) in [5, 5.41) is 16.5. The Morgan fingerprint density at radius 2 is 1.48 bits per heavy atom. The zero-order valence-electron chi connectivity index (χ0n) is 23.7. The summed E-state index contributed by atoms with van der Waals surface area (Å²) in [6.07, 6.45) is 0.127. The molecule has 2 N–H and O–H groups in total. The Bertz CT molecular complexity index is 1460. The largest absolute Gasteiger partial charge is 0.488 e. The highest BCUT2D eigenvalue weighted by Crippen LogP contribution is 2.26. The van der Waals surface area contributed by atoms with Crippen LogP contribution in [0.2, 0.25) is 0 Å². The second kappa shape index (κ2) is 11.3. The number of amides is 1. The quantitative estimate of drug-likeness (QED) is 0.269. The number of benzene rings is 3. The van der Waals surface area contributed by atoms with Crippen molar-refractivity contribution in [2.24, 2.45) is 0 Å². The number of nitrogens with one attached hydrogen (secondary N) is 1. The maximum atomic E-state index is 12.7. The van der Waals surface area contributed by atoms with Gasteiger partial charge in [-0.05, 0) is 73.7 Å². The zero-order chi connectivity index (χ0) is 29.1. The number of carboxylic acids is 1. The van der Waals surface area contributed by atoms with Crippen molar-refractivity contribution in [3.63, 3.8) is 0 Å². The molecule has 0 bridgehead atoms. The number of nitrogens with zero attached hydrogens (tertiary/aromatic N) is 2. The Labute approximate surface area is 234 Å². The van der Waals surface area contributed by atoms with E-state index in [-0.39, 0.29) is 17.4 Å². The molecule has 0 unspecified atom stereocenters.